The molecule has 1 aliphatic rings. The van der Waals surface area contributed by atoms with Crippen molar-refractivity contribution in [2.24, 2.45) is 5.16 Å². The van der Waals surface area contributed by atoms with Gasteiger partial charge in [0, 0.05) is 17.7 Å². The summed E-state index contributed by atoms with van der Waals surface area (Å²) in [6, 6.07) is 15.3. The van der Waals surface area contributed by atoms with E-state index >= 15 is 0 Å². The van der Waals surface area contributed by atoms with Gasteiger partial charge in [-0.15, -0.1) is 0 Å². The summed E-state index contributed by atoms with van der Waals surface area (Å²) in [5.41, 5.74) is 3.48. The summed E-state index contributed by atoms with van der Waals surface area (Å²) in [7, 11) is 1.61. The second-order valence-corrected chi connectivity index (χ2v) is 5.54. The first-order valence-corrected chi connectivity index (χ1v) is 7.97. The van der Waals surface area contributed by atoms with Crippen molar-refractivity contribution in [3.63, 3.8) is 0 Å². The highest BCUT2D eigenvalue weighted by molar-refractivity contribution is 6.07. The molecule has 1 N–H and O–H groups in total. The van der Waals surface area contributed by atoms with Crippen LogP contribution in [0.2, 0.25) is 0 Å². The first-order valence-electron chi connectivity index (χ1n) is 7.97. The minimum atomic E-state index is -0.630. The molecule has 0 aromatic heterocycles. The summed E-state index contributed by atoms with van der Waals surface area (Å²) in [5.74, 6) is 0.529. The molecule has 0 aliphatic carbocycles. The molecule has 1 aliphatic heterocycles. The van der Waals surface area contributed by atoms with Gasteiger partial charge in [-0.3, -0.25) is 4.79 Å². The standard InChI is InChI=1S/C19H20N2O3/c1-3-13-8-4-6-10-15(13)20-19(22)18-12-16(21-24-18)14-9-5-7-11-17(14)23-2/h4-11,18H,3,12H2,1-2H3,(H,20,22). The molecule has 5 nitrogen and oxygen atoms in total. The number of rotatable bonds is 5. The molecule has 1 amide bonds. The van der Waals surface area contributed by atoms with Gasteiger partial charge in [-0.1, -0.05) is 42.4 Å². The fourth-order valence-corrected chi connectivity index (χ4v) is 2.72. The molecule has 0 saturated carbocycles. The summed E-state index contributed by atoms with van der Waals surface area (Å²) >= 11 is 0. The topological polar surface area (TPSA) is 59.9 Å². The van der Waals surface area contributed by atoms with Gasteiger partial charge in [-0.2, -0.15) is 0 Å². The smallest absolute Gasteiger partial charge is 0.268 e. The number of nitrogens with one attached hydrogen (secondary N) is 1. The molecule has 0 bridgehead atoms. The summed E-state index contributed by atoms with van der Waals surface area (Å²) in [6.45, 7) is 2.06. The molecule has 124 valence electrons. The van der Waals surface area contributed by atoms with E-state index in [1.807, 2.05) is 48.5 Å². The maximum Gasteiger partial charge on any atom is 0.268 e. The van der Waals surface area contributed by atoms with Crippen LogP contribution in [0.25, 0.3) is 0 Å². The van der Waals surface area contributed by atoms with Gasteiger partial charge < -0.3 is 14.9 Å². The zero-order valence-corrected chi connectivity index (χ0v) is 13.8. The first kappa shape index (κ1) is 16.1. The summed E-state index contributed by atoms with van der Waals surface area (Å²) in [4.78, 5) is 17.8. The number of para-hydroxylation sites is 2. The van der Waals surface area contributed by atoms with Gasteiger partial charge in [0.15, 0.2) is 0 Å². The van der Waals surface area contributed by atoms with Crippen LogP contribution in [0.4, 0.5) is 5.69 Å². The van der Waals surface area contributed by atoms with Crippen molar-refractivity contribution >= 4 is 17.3 Å². The summed E-state index contributed by atoms with van der Waals surface area (Å²) in [6.07, 6.45) is 0.639. The van der Waals surface area contributed by atoms with Gasteiger partial charge in [-0.05, 0) is 30.2 Å². The van der Waals surface area contributed by atoms with E-state index in [0.29, 0.717) is 6.42 Å². The summed E-state index contributed by atoms with van der Waals surface area (Å²) in [5, 5.41) is 7.01. The molecule has 1 heterocycles. The van der Waals surface area contributed by atoms with E-state index in [0.717, 1.165) is 34.7 Å². The number of hydrogen-bond donors (Lipinski definition) is 1. The SMILES string of the molecule is CCc1ccccc1NC(=O)C1CC(c2ccccc2OC)=NO1. The Bertz CT molecular complexity index is 771. The van der Waals surface area contributed by atoms with Gasteiger partial charge in [0.05, 0.1) is 12.8 Å². The molecular formula is C19H20N2O3. The van der Waals surface area contributed by atoms with E-state index < -0.39 is 6.10 Å². The number of ether oxygens (including phenoxy) is 1. The Kier molecular flexibility index (Phi) is 4.79. The molecule has 2 aromatic rings. The first-order chi connectivity index (χ1) is 11.7. The van der Waals surface area contributed by atoms with Crippen LogP contribution in [0.1, 0.15) is 24.5 Å². The van der Waals surface area contributed by atoms with Crippen molar-refractivity contribution in [1.82, 2.24) is 0 Å². The van der Waals surface area contributed by atoms with Gasteiger partial charge in [0.2, 0.25) is 6.10 Å². The lowest BCUT2D eigenvalue weighted by Gasteiger charge is -2.12. The number of methoxy groups -OCH3 is 1. The van der Waals surface area contributed by atoms with Gasteiger partial charge in [0.1, 0.15) is 5.75 Å². The molecule has 1 unspecified atom stereocenters. The monoisotopic (exact) mass is 324 g/mol. The van der Waals surface area contributed by atoms with Crippen LogP contribution in [0.15, 0.2) is 53.7 Å². The zero-order valence-electron chi connectivity index (χ0n) is 13.8. The highest BCUT2D eigenvalue weighted by Gasteiger charge is 2.30. The minimum absolute atomic E-state index is 0.190. The van der Waals surface area contributed by atoms with E-state index in [1.54, 1.807) is 7.11 Å². The van der Waals surface area contributed by atoms with E-state index in [2.05, 4.69) is 17.4 Å². The Morgan fingerprint density at radius 2 is 2.00 bits per heavy atom. The quantitative estimate of drug-likeness (QED) is 0.917. The Morgan fingerprint density at radius 3 is 2.79 bits per heavy atom. The maximum absolute atomic E-state index is 12.5. The van der Waals surface area contributed by atoms with Crippen LogP contribution in [0, 0.1) is 0 Å². The molecule has 0 radical (unpaired) electrons. The Morgan fingerprint density at radius 1 is 1.25 bits per heavy atom. The lowest BCUT2D eigenvalue weighted by Crippen LogP contribution is -2.28. The lowest BCUT2D eigenvalue weighted by atomic mass is 10.0. The fourth-order valence-electron chi connectivity index (χ4n) is 2.72. The molecule has 0 saturated heterocycles. The number of amides is 1. The van der Waals surface area contributed by atoms with Crippen molar-refractivity contribution in [2.75, 3.05) is 12.4 Å². The highest BCUT2D eigenvalue weighted by atomic mass is 16.6. The maximum atomic E-state index is 12.5. The van der Waals surface area contributed by atoms with Crippen molar-refractivity contribution in [2.45, 2.75) is 25.9 Å². The number of carbonyl (C=O) groups excluding carboxylic acids is 1. The van der Waals surface area contributed by atoms with Gasteiger partial charge >= 0.3 is 0 Å². The number of carbonyl (C=O) groups is 1. The molecule has 5 heteroatoms. The van der Waals surface area contributed by atoms with Crippen molar-refractivity contribution in [1.29, 1.82) is 0 Å². The molecule has 2 aromatic carbocycles. The number of hydrogen-bond acceptors (Lipinski definition) is 4. The zero-order chi connectivity index (χ0) is 16.9. The molecule has 3 rings (SSSR count). The number of oxime groups is 1. The molecule has 24 heavy (non-hydrogen) atoms. The predicted octanol–water partition coefficient (Wildman–Crippen LogP) is 3.39. The van der Waals surface area contributed by atoms with Crippen LogP contribution in [0.3, 0.4) is 0 Å². The van der Waals surface area contributed by atoms with Crippen LogP contribution in [-0.2, 0) is 16.1 Å². The molecular weight excluding hydrogens is 304 g/mol. The van der Waals surface area contributed by atoms with E-state index in [-0.39, 0.29) is 5.91 Å². The summed E-state index contributed by atoms with van der Waals surface area (Å²) < 4.78 is 5.34. The molecule has 0 spiro atoms. The van der Waals surface area contributed by atoms with E-state index in [4.69, 9.17) is 9.57 Å². The molecule has 1 atom stereocenters. The molecule has 0 fully saturated rings. The van der Waals surface area contributed by atoms with Crippen LogP contribution < -0.4 is 10.1 Å². The fraction of sp³-hybridized carbons (Fsp3) is 0.263. The Labute approximate surface area is 141 Å². The number of anilines is 1. The second-order valence-electron chi connectivity index (χ2n) is 5.54. The average molecular weight is 324 g/mol. The third kappa shape index (κ3) is 3.25. The second kappa shape index (κ2) is 7.17. The largest absolute Gasteiger partial charge is 0.496 e. The third-order valence-electron chi connectivity index (χ3n) is 4.04. The third-order valence-corrected chi connectivity index (χ3v) is 4.04. The van der Waals surface area contributed by atoms with E-state index in [1.165, 1.54) is 0 Å². The predicted molar refractivity (Wildman–Crippen MR) is 93.5 cm³/mol. The highest BCUT2D eigenvalue weighted by Crippen LogP contribution is 2.25. The van der Waals surface area contributed by atoms with E-state index in [9.17, 15) is 4.79 Å². The Hall–Kier alpha value is -2.82. The number of benzene rings is 2. The van der Waals surface area contributed by atoms with Crippen molar-refractivity contribution in [3.05, 3.63) is 59.7 Å². The number of aryl methyl sites for hydroxylation is 1. The minimum Gasteiger partial charge on any atom is -0.496 e. The average Bonchev–Trinajstić information content (AvgIpc) is 3.12. The van der Waals surface area contributed by atoms with Crippen LogP contribution in [0.5, 0.6) is 5.75 Å². The van der Waals surface area contributed by atoms with Gasteiger partial charge in [0.25, 0.3) is 5.91 Å². The van der Waals surface area contributed by atoms with Crippen LogP contribution >= 0.6 is 0 Å². The van der Waals surface area contributed by atoms with Gasteiger partial charge in [-0.25, -0.2) is 0 Å². The number of nitrogens with zero attached hydrogens (tertiary/aromatic N) is 1. The lowest BCUT2D eigenvalue weighted by molar-refractivity contribution is -0.125. The van der Waals surface area contributed by atoms with Crippen molar-refractivity contribution < 1.29 is 14.4 Å². The Balaban J connectivity index is 1.69. The normalized spacial score (nSPS) is 16.2. The van der Waals surface area contributed by atoms with Crippen molar-refractivity contribution in [3.8, 4) is 5.75 Å². The van der Waals surface area contributed by atoms with Crippen LogP contribution in [-0.4, -0.2) is 24.8 Å².